The van der Waals surface area contributed by atoms with Crippen LogP contribution in [0.5, 0.6) is 5.75 Å². The second-order valence-electron chi connectivity index (χ2n) is 12.5. The van der Waals surface area contributed by atoms with E-state index in [2.05, 4.69) is 23.0 Å². The summed E-state index contributed by atoms with van der Waals surface area (Å²) < 4.78 is 8.17. The number of hydrogen-bond acceptors (Lipinski definition) is 3. The van der Waals surface area contributed by atoms with Gasteiger partial charge in [0.2, 0.25) is 5.91 Å². The second kappa shape index (κ2) is 8.63. The number of benzene rings is 1. The molecule has 5 heteroatoms. The Bertz CT molecular complexity index is 1160. The number of carbonyl (C=O) groups is 1. The predicted molar refractivity (Wildman–Crippen MR) is 140 cm³/mol. The van der Waals surface area contributed by atoms with E-state index in [0.717, 1.165) is 41.7 Å². The summed E-state index contributed by atoms with van der Waals surface area (Å²) in [6, 6.07) is 9.00. The van der Waals surface area contributed by atoms with Crippen LogP contribution in [0.3, 0.4) is 0 Å². The Kier molecular flexibility index (Phi) is 5.48. The summed E-state index contributed by atoms with van der Waals surface area (Å²) in [6.07, 6.45) is 14.5. The Morgan fingerprint density at radius 3 is 2.69 bits per heavy atom. The minimum atomic E-state index is -0.276. The van der Waals surface area contributed by atoms with Crippen LogP contribution in [0.15, 0.2) is 24.3 Å². The highest BCUT2D eigenvalue weighted by atomic mass is 16.5. The molecule has 1 amide bonds. The van der Waals surface area contributed by atoms with Crippen LogP contribution in [-0.2, 0) is 24.1 Å². The maximum absolute atomic E-state index is 14.1. The number of aromatic nitrogens is 2. The van der Waals surface area contributed by atoms with Gasteiger partial charge in [-0.2, -0.15) is 5.10 Å². The lowest BCUT2D eigenvalue weighted by Gasteiger charge is -2.44. The maximum atomic E-state index is 14.1. The van der Waals surface area contributed by atoms with Crippen molar-refractivity contribution in [3.05, 3.63) is 46.8 Å². The third-order valence-corrected chi connectivity index (χ3v) is 11.0. The van der Waals surface area contributed by atoms with Crippen LogP contribution in [0, 0.1) is 23.2 Å². The van der Waals surface area contributed by atoms with Crippen molar-refractivity contribution in [1.29, 1.82) is 0 Å². The third-order valence-electron chi connectivity index (χ3n) is 11.0. The van der Waals surface area contributed by atoms with E-state index < -0.39 is 0 Å². The fourth-order valence-corrected chi connectivity index (χ4v) is 9.12. The number of rotatable bonds is 7. The quantitative estimate of drug-likeness (QED) is 0.540. The molecule has 6 atom stereocenters. The molecule has 6 unspecified atom stereocenters. The fourth-order valence-electron chi connectivity index (χ4n) is 9.12. The van der Waals surface area contributed by atoms with Gasteiger partial charge in [0.1, 0.15) is 5.75 Å². The first-order valence-electron chi connectivity index (χ1n) is 14.6. The largest absolute Gasteiger partial charge is 0.496 e. The molecule has 0 radical (unpaired) electrons. The lowest BCUT2D eigenvalue weighted by molar-refractivity contribution is -0.125. The van der Waals surface area contributed by atoms with Gasteiger partial charge in [-0.05, 0) is 86.2 Å². The summed E-state index contributed by atoms with van der Waals surface area (Å²) >= 11 is 0. The first-order chi connectivity index (χ1) is 17.6. The molecule has 0 saturated heterocycles. The zero-order valence-electron chi connectivity index (χ0n) is 22.0. The van der Waals surface area contributed by atoms with Crippen LogP contribution in [0.1, 0.15) is 99.2 Å². The van der Waals surface area contributed by atoms with Gasteiger partial charge in [-0.1, -0.05) is 44.4 Å². The number of methoxy groups -OCH3 is 1. The van der Waals surface area contributed by atoms with Gasteiger partial charge in [0.25, 0.3) is 0 Å². The Morgan fingerprint density at radius 2 is 1.92 bits per heavy atom. The van der Waals surface area contributed by atoms with E-state index in [9.17, 15) is 4.79 Å². The fraction of sp³-hybridized carbons (Fsp3) is 0.677. The average molecular weight is 488 g/mol. The van der Waals surface area contributed by atoms with Gasteiger partial charge in [-0.25, -0.2) is 0 Å². The molecule has 2 aromatic rings. The van der Waals surface area contributed by atoms with E-state index in [1.807, 2.05) is 18.2 Å². The number of nitrogens with one attached hydrogen (secondary N) is 1. The standard InChI is InChI=1S/C31H41N3O2/c1-31-24-17-16-22(28(24)31)29(31)32-30(35)23(20-12-7-9-15-27(20)36-2)18-25-21-13-6-8-14-26(21)34(33-25)19-10-4-3-5-11-19/h7,9,12,15,19,22-24,28-29H,3-6,8,10-11,13-14,16-18H2,1-2H3,(H,32,35). The number of amides is 1. The van der Waals surface area contributed by atoms with E-state index >= 15 is 0 Å². The van der Waals surface area contributed by atoms with Gasteiger partial charge in [-0.15, -0.1) is 0 Å². The summed E-state index contributed by atoms with van der Waals surface area (Å²) in [6.45, 7) is 2.41. The Balaban J connectivity index is 1.22. The summed E-state index contributed by atoms with van der Waals surface area (Å²) in [7, 11) is 1.72. The van der Waals surface area contributed by atoms with Crippen molar-refractivity contribution in [2.24, 2.45) is 23.2 Å². The van der Waals surface area contributed by atoms with Crippen LogP contribution >= 0.6 is 0 Å². The van der Waals surface area contributed by atoms with Crippen LogP contribution in [0.2, 0.25) is 0 Å². The van der Waals surface area contributed by atoms with Crippen molar-refractivity contribution in [2.75, 3.05) is 7.11 Å². The smallest absolute Gasteiger partial charge is 0.228 e. The third kappa shape index (κ3) is 3.33. The van der Waals surface area contributed by atoms with Gasteiger partial charge in [0.05, 0.1) is 24.8 Å². The molecule has 7 rings (SSSR count). The van der Waals surface area contributed by atoms with Crippen molar-refractivity contribution in [2.45, 2.75) is 102 Å². The molecule has 5 aliphatic rings. The molecule has 0 spiro atoms. The molecule has 1 aromatic heterocycles. The molecule has 0 aliphatic heterocycles. The summed E-state index contributed by atoms with van der Waals surface area (Å²) in [5.41, 5.74) is 5.41. The molecular weight excluding hydrogens is 446 g/mol. The minimum Gasteiger partial charge on any atom is -0.496 e. The zero-order valence-corrected chi connectivity index (χ0v) is 22.0. The van der Waals surface area contributed by atoms with Gasteiger partial charge in [0, 0.05) is 23.7 Å². The van der Waals surface area contributed by atoms with Gasteiger partial charge >= 0.3 is 0 Å². The first-order valence-corrected chi connectivity index (χ1v) is 14.6. The van der Waals surface area contributed by atoms with Gasteiger partial charge < -0.3 is 10.1 Å². The molecule has 1 aromatic carbocycles. The Morgan fingerprint density at radius 1 is 1.11 bits per heavy atom. The molecule has 4 saturated carbocycles. The Hall–Kier alpha value is -2.30. The molecule has 5 nitrogen and oxygen atoms in total. The molecule has 1 heterocycles. The van der Waals surface area contributed by atoms with Crippen LogP contribution in [0.4, 0.5) is 0 Å². The van der Waals surface area contributed by atoms with Crippen LogP contribution in [-0.4, -0.2) is 28.8 Å². The lowest BCUT2D eigenvalue weighted by atomic mass is 9.67. The van der Waals surface area contributed by atoms with E-state index in [-0.39, 0.29) is 11.8 Å². The number of para-hydroxylation sites is 1. The summed E-state index contributed by atoms with van der Waals surface area (Å²) in [5, 5.41) is 8.87. The number of hydrogen-bond donors (Lipinski definition) is 1. The molecule has 0 bridgehead atoms. The molecule has 5 aliphatic carbocycles. The summed E-state index contributed by atoms with van der Waals surface area (Å²) in [5.74, 6) is 3.10. The first kappa shape index (κ1) is 22.9. The number of fused-ring (bicyclic) bond motifs is 2. The van der Waals surface area contributed by atoms with Crippen LogP contribution in [0.25, 0.3) is 0 Å². The topological polar surface area (TPSA) is 56.2 Å². The minimum absolute atomic E-state index is 0.165. The van der Waals surface area contributed by atoms with Gasteiger partial charge in [-0.3, -0.25) is 9.48 Å². The molecule has 4 fully saturated rings. The second-order valence-corrected chi connectivity index (χ2v) is 12.5. The molecule has 192 valence electrons. The van der Waals surface area contributed by atoms with Crippen molar-refractivity contribution in [3.63, 3.8) is 0 Å². The maximum Gasteiger partial charge on any atom is 0.228 e. The van der Waals surface area contributed by atoms with Gasteiger partial charge in [0.15, 0.2) is 0 Å². The summed E-state index contributed by atoms with van der Waals surface area (Å²) in [4.78, 5) is 14.1. The average Bonchev–Trinajstić information content (AvgIpc) is 3.23. The lowest BCUT2D eigenvalue weighted by Crippen LogP contribution is -2.56. The van der Waals surface area contributed by atoms with E-state index in [0.29, 0.717) is 29.8 Å². The number of ether oxygens (including phenoxy) is 1. The molecule has 1 N–H and O–H groups in total. The normalized spacial score (nSPS) is 33.3. The monoisotopic (exact) mass is 487 g/mol. The van der Waals surface area contributed by atoms with Crippen molar-refractivity contribution in [3.8, 4) is 5.75 Å². The predicted octanol–water partition coefficient (Wildman–Crippen LogP) is 5.76. The van der Waals surface area contributed by atoms with E-state index in [1.54, 1.807) is 7.11 Å². The Labute approximate surface area is 215 Å². The number of carbonyl (C=O) groups excluding carboxylic acids is 1. The van der Waals surface area contributed by atoms with E-state index in [4.69, 9.17) is 9.84 Å². The highest BCUT2D eigenvalue weighted by Crippen LogP contribution is 2.81. The molecular formula is C31H41N3O2. The van der Waals surface area contributed by atoms with E-state index in [1.165, 1.54) is 69.0 Å². The van der Waals surface area contributed by atoms with Crippen molar-refractivity contribution >= 4 is 5.91 Å². The van der Waals surface area contributed by atoms with Crippen LogP contribution < -0.4 is 10.1 Å². The van der Waals surface area contributed by atoms with Crippen molar-refractivity contribution in [1.82, 2.24) is 15.1 Å². The SMILES string of the molecule is COc1ccccc1C(Cc1nn(C2CCCCC2)c2c1CCCC2)C(=O)NC1C2CCC3C2C31C. The van der Waals surface area contributed by atoms with Crippen molar-refractivity contribution < 1.29 is 9.53 Å². The zero-order chi connectivity index (χ0) is 24.4. The highest BCUT2D eigenvalue weighted by molar-refractivity contribution is 5.85. The number of nitrogens with zero attached hydrogens (tertiary/aromatic N) is 2. The highest BCUT2D eigenvalue weighted by Gasteiger charge is 2.80. The molecule has 36 heavy (non-hydrogen) atoms.